The van der Waals surface area contributed by atoms with Crippen LogP contribution in [0.3, 0.4) is 0 Å². The van der Waals surface area contributed by atoms with Gasteiger partial charge in [-0.2, -0.15) is 0 Å². The Morgan fingerprint density at radius 1 is 1.25 bits per heavy atom. The van der Waals surface area contributed by atoms with Crippen LogP contribution in [-0.4, -0.2) is 19.7 Å². The van der Waals surface area contributed by atoms with Crippen LogP contribution in [0.1, 0.15) is 36.0 Å². The van der Waals surface area contributed by atoms with Crippen LogP contribution in [0.25, 0.3) is 0 Å². The molecule has 3 rings (SSSR count). The molecule has 4 nitrogen and oxygen atoms in total. The van der Waals surface area contributed by atoms with E-state index in [4.69, 9.17) is 34.8 Å². The van der Waals surface area contributed by atoms with Crippen molar-refractivity contribution in [1.29, 1.82) is 0 Å². The third-order valence-corrected chi connectivity index (χ3v) is 5.04. The predicted octanol–water partition coefficient (Wildman–Crippen LogP) is 3.92. The molecule has 1 atom stereocenters. The van der Waals surface area contributed by atoms with Crippen molar-refractivity contribution in [2.45, 2.75) is 30.1 Å². The Balaban J connectivity index is 2.05. The van der Waals surface area contributed by atoms with E-state index in [9.17, 15) is 0 Å². The molecule has 2 heterocycles. The van der Waals surface area contributed by atoms with Crippen molar-refractivity contribution in [3.63, 3.8) is 0 Å². The van der Waals surface area contributed by atoms with Gasteiger partial charge in [0.1, 0.15) is 22.0 Å². The molecule has 1 aliphatic carbocycles. The van der Waals surface area contributed by atoms with Crippen LogP contribution in [0.4, 0.5) is 0 Å². The lowest BCUT2D eigenvalue weighted by Crippen LogP contribution is -2.39. The first-order valence-corrected chi connectivity index (χ1v) is 7.54. The number of aromatic nitrogens is 4. The molecule has 2 aromatic rings. The Morgan fingerprint density at radius 2 is 1.90 bits per heavy atom. The minimum Gasteiger partial charge on any atom is -0.319 e. The van der Waals surface area contributed by atoms with Crippen LogP contribution in [0.15, 0.2) is 18.5 Å². The van der Waals surface area contributed by atoms with E-state index in [0.717, 1.165) is 30.7 Å². The minimum absolute atomic E-state index is 0.196. The second-order valence-electron chi connectivity index (χ2n) is 5.17. The molecule has 0 aliphatic heterocycles. The fourth-order valence-electron chi connectivity index (χ4n) is 2.77. The molecular weight excluding hydrogens is 319 g/mol. The Labute approximate surface area is 132 Å². The molecular formula is C13H13Cl3N4. The Kier molecular flexibility index (Phi) is 3.65. The molecule has 7 heteroatoms. The van der Waals surface area contributed by atoms with Crippen molar-refractivity contribution in [3.8, 4) is 0 Å². The standard InChI is InChI=1S/C13H13Cl3N4/c1-20-7-17-19-12(20)11(16)13(3-2-4-13)8-5-9(14)18-10(15)6-8/h5-7,11H,2-4H2,1H3. The molecule has 1 fully saturated rings. The molecule has 0 radical (unpaired) electrons. The first-order chi connectivity index (χ1) is 9.53. The summed E-state index contributed by atoms with van der Waals surface area (Å²) in [6.07, 6.45) is 4.73. The van der Waals surface area contributed by atoms with E-state index in [1.54, 1.807) is 6.33 Å². The molecule has 1 saturated carbocycles. The highest BCUT2D eigenvalue weighted by atomic mass is 35.5. The lowest BCUT2D eigenvalue weighted by molar-refractivity contribution is 0.227. The summed E-state index contributed by atoms with van der Waals surface area (Å²) in [6.45, 7) is 0. The highest BCUT2D eigenvalue weighted by Gasteiger charge is 2.47. The maximum Gasteiger partial charge on any atom is 0.151 e. The SMILES string of the molecule is Cn1cnnc1C(Cl)C1(c2cc(Cl)nc(Cl)c2)CCC1. The average Bonchev–Trinajstić information content (AvgIpc) is 2.72. The van der Waals surface area contributed by atoms with E-state index in [-0.39, 0.29) is 10.8 Å². The summed E-state index contributed by atoms with van der Waals surface area (Å²) in [5.41, 5.74) is 0.829. The molecule has 1 unspecified atom stereocenters. The highest BCUT2D eigenvalue weighted by Crippen LogP contribution is 2.55. The van der Waals surface area contributed by atoms with Gasteiger partial charge >= 0.3 is 0 Å². The van der Waals surface area contributed by atoms with Crippen molar-refractivity contribution in [1.82, 2.24) is 19.7 Å². The number of nitrogens with zero attached hydrogens (tertiary/aromatic N) is 4. The fourth-order valence-corrected chi connectivity index (χ4v) is 3.77. The van der Waals surface area contributed by atoms with Gasteiger partial charge in [-0.15, -0.1) is 21.8 Å². The highest BCUT2D eigenvalue weighted by molar-refractivity contribution is 6.32. The van der Waals surface area contributed by atoms with Gasteiger partial charge in [-0.1, -0.05) is 29.6 Å². The third-order valence-electron chi connectivity index (χ3n) is 4.04. The molecule has 0 N–H and O–H groups in total. The first kappa shape index (κ1) is 14.1. The fraction of sp³-hybridized carbons (Fsp3) is 0.462. The van der Waals surface area contributed by atoms with Gasteiger partial charge in [0.15, 0.2) is 5.82 Å². The Hall–Kier alpha value is -0.840. The molecule has 106 valence electrons. The largest absolute Gasteiger partial charge is 0.319 e. The average molecular weight is 332 g/mol. The van der Waals surface area contributed by atoms with E-state index >= 15 is 0 Å². The molecule has 0 bridgehead atoms. The lowest BCUT2D eigenvalue weighted by atomic mass is 9.62. The second-order valence-corrected chi connectivity index (χ2v) is 6.38. The van der Waals surface area contributed by atoms with Gasteiger partial charge in [0.2, 0.25) is 0 Å². The zero-order valence-corrected chi connectivity index (χ0v) is 13.1. The van der Waals surface area contributed by atoms with Crippen molar-refractivity contribution < 1.29 is 0 Å². The van der Waals surface area contributed by atoms with E-state index in [1.807, 2.05) is 23.7 Å². The molecule has 0 spiro atoms. The number of alkyl halides is 1. The number of pyridine rings is 1. The molecule has 0 aromatic carbocycles. The van der Waals surface area contributed by atoms with E-state index in [1.165, 1.54) is 0 Å². The summed E-state index contributed by atoms with van der Waals surface area (Å²) in [7, 11) is 1.89. The number of hydrogen-bond acceptors (Lipinski definition) is 3. The Bertz CT molecular complexity index is 616. The first-order valence-electron chi connectivity index (χ1n) is 6.34. The monoisotopic (exact) mass is 330 g/mol. The predicted molar refractivity (Wildman–Crippen MR) is 79.4 cm³/mol. The number of hydrogen-bond donors (Lipinski definition) is 0. The third kappa shape index (κ3) is 2.20. The quantitative estimate of drug-likeness (QED) is 0.632. The number of rotatable bonds is 3. The maximum absolute atomic E-state index is 6.72. The minimum atomic E-state index is -0.265. The van der Waals surface area contributed by atoms with Gasteiger partial charge in [0.05, 0.1) is 0 Å². The van der Waals surface area contributed by atoms with Crippen molar-refractivity contribution in [3.05, 3.63) is 40.2 Å². The van der Waals surface area contributed by atoms with Gasteiger partial charge < -0.3 is 4.57 Å². The zero-order valence-electron chi connectivity index (χ0n) is 10.9. The van der Waals surface area contributed by atoms with Crippen LogP contribution in [0.5, 0.6) is 0 Å². The van der Waals surface area contributed by atoms with Crippen LogP contribution < -0.4 is 0 Å². The lowest BCUT2D eigenvalue weighted by Gasteiger charge is -2.45. The van der Waals surface area contributed by atoms with E-state index in [2.05, 4.69) is 15.2 Å². The topological polar surface area (TPSA) is 43.6 Å². The van der Waals surface area contributed by atoms with Crippen molar-refractivity contribution >= 4 is 34.8 Å². The van der Waals surface area contributed by atoms with Gasteiger partial charge in [-0.05, 0) is 30.5 Å². The van der Waals surface area contributed by atoms with Crippen LogP contribution in [-0.2, 0) is 12.5 Å². The van der Waals surface area contributed by atoms with Gasteiger partial charge in [0, 0.05) is 12.5 Å². The van der Waals surface area contributed by atoms with Gasteiger partial charge in [-0.25, -0.2) is 4.98 Å². The second kappa shape index (κ2) is 5.17. The van der Waals surface area contributed by atoms with Gasteiger partial charge in [-0.3, -0.25) is 0 Å². The van der Waals surface area contributed by atoms with E-state index in [0.29, 0.717) is 10.3 Å². The number of halogens is 3. The van der Waals surface area contributed by atoms with E-state index < -0.39 is 0 Å². The summed E-state index contributed by atoms with van der Waals surface area (Å²) < 4.78 is 1.85. The van der Waals surface area contributed by atoms with Crippen LogP contribution in [0, 0.1) is 0 Å². The van der Waals surface area contributed by atoms with Crippen LogP contribution >= 0.6 is 34.8 Å². The normalized spacial score (nSPS) is 18.6. The summed E-state index contributed by atoms with van der Waals surface area (Å²) in [5, 5.41) is 8.55. The van der Waals surface area contributed by atoms with Crippen LogP contribution in [0.2, 0.25) is 10.3 Å². The summed E-state index contributed by atoms with van der Waals surface area (Å²) in [6, 6.07) is 3.69. The van der Waals surface area contributed by atoms with Crippen molar-refractivity contribution in [2.24, 2.45) is 7.05 Å². The molecule has 0 amide bonds. The molecule has 2 aromatic heterocycles. The zero-order chi connectivity index (χ0) is 14.3. The molecule has 20 heavy (non-hydrogen) atoms. The summed E-state index contributed by atoms with van der Waals surface area (Å²) in [4.78, 5) is 4.00. The molecule has 1 aliphatic rings. The number of aryl methyl sites for hydroxylation is 1. The van der Waals surface area contributed by atoms with Crippen molar-refractivity contribution in [2.75, 3.05) is 0 Å². The molecule has 0 saturated heterocycles. The maximum atomic E-state index is 6.72. The van der Waals surface area contributed by atoms with Gasteiger partial charge in [0.25, 0.3) is 0 Å². The Morgan fingerprint density at radius 3 is 2.35 bits per heavy atom. The smallest absolute Gasteiger partial charge is 0.151 e. The summed E-state index contributed by atoms with van der Waals surface area (Å²) >= 11 is 18.8. The summed E-state index contributed by atoms with van der Waals surface area (Å²) in [5.74, 6) is 0.760.